The van der Waals surface area contributed by atoms with Crippen molar-refractivity contribution in [2.24, 2.45) is 11.8 Å². The monoisotopic (exact) mass is 352 g/mol. The molecule has 2 rings (SSSR count). The average Bonchev–Trinajstić information content (AvgIpc) is 2.56. The van der Waals surface area contributed by atoms with E-state index in [1.165, 1.54) is 6.92 Å². The SMILES string of the molecule is CC[C@@H](C)/C=C(C)/C=C/C1=CC2=C(Cl)C(=O)[C@@](C)(O)[C@H](O)[C@H]2CO1. The van der Waals surface area contributed by atoms with E-state index in [1.54, 1.807) is 6.08 Å². The number of fused-ring (bicyclic) bond motifs is 1. The van der Waals surface area contributed by atoms with E-state index < -0.39 is 23.4 Å². The lowest BCUT2D eigenvalue weighted by molar-refractivity contribution is -0.150. The third-order valence-electron chi connectivity index (χ3n) is 4.70. The number of hydrogen-bond acceptors (Lipinski definition) is 4. The third-order valence-corrected chi connectivity index (χ3v) is 5.09. The van der Waals surface area contributed by atoms with Gasteiger partial charge in [-0.2, -0.15) is 0 Å². The molecule has 5 heteroatoms. The van der Waals surface area contributed by atoms with Crippen molar-refractivity contribution in [1.82, 2.24) is 0 Å². The molecule has 0 aromatic carbocycles. The van der Waals surface area contributed by atoms with Gasteiger partial charge >= 0.3 is 0 Å². The molecule has 0 fully saturated rings. The molecular formula is C19H25ClO4. The molecule has 24 heavy (non-hydrogen) atoms. The lowest BCUT2D eigenvalue weighted by Crippen LogP contribution is -2.55. The molecule has 0 radical (unpaired) electrons. The summed E-state index contributed by atoms with van der Waals surface area (Å²) in [5.74, 6) is -0.0834. The quantitative estimate of drug-likeness (QED) is 0.762. The fraction of sp³-hybridized carbons (Fsp3) is 0.526. The van der Waals surface area contributed by atoms with Gasteiger partial charge in [-0.15, -0.1) is 0 Å². The number of carbonyl (C=O) groups is 1. The fourth-order valence-corrected chi connectivity index (χ4v) is 3.26. The number of hydrogen-bond donors (Lipinski definition) is 2. The Morgan fingerprint density at radius 3 is 2.88 bits per heavy atom. The third kappa shape index (κ3) is 3.66. The Morgan fingerprint density at radius 1 is 1.58 bits per heavy atom. The lowest BCUT2D eigenvalue weighted by atomic mass is 9.75. The molecule has 0 amide bonds. The first kappa shape index (κ1) is 19.0. The van der Waals surface area contributed by atoms with Crippen molar-refractivity contribution < 1.29 is 19.7 Å². The van der Waals surface area contributed by atoms with Crippen molar-refractivity contribution >= 4 is 17.4 Å². The fourth-order valence-electron chi connectivity index (χ4n) is 2.88. The summed E-state index contributed by atoms with van der Waals surface area (Å²) in [6, 6.07) is 0. The molecule has 1 aliphatic carbocycles. The number of aliphatic hydroxyl groups excluding tert-OH is 1. The van der Waals surface area contributed by atoms with Crippen molar-refractivity contribution in [3.05, 3.63) is 46.2 Å². The van der Waals surface area contributed by atoms with Crippen LogP contribution in [-0.4, -0.2) is 34.3 Å². The average molecular weight is 353 g/mol. The van der Waals surface area contributed by atoms with E-state index in [1.807, 2.05) is 19.1 Å². The van der Waals surface area contributed by atoms with E-state index in [-0.39, 0.29) is 11.6 Å². The summed E-state index contributed by atoms with van der Waals surface area (Å²) in [6.07, 6.45) is 7.46. The van der Waals surface area contributed by atoms with Gasteiger partial charge in [0, 0.05) is 5.92 Å². The molecule has 4 atom stereocenters. The first-order valence-corrected chi connectivity index (χ1v) is 8.62. The van der Waals surface area contributed by atoms with E-state index in [0.29, 0.717) is 17.3 Å². The van der Waals surface area contributed by atoms with Gasteiger partial charge in [-0.05, 0) is 37.5 Å². The van der Waals surface area contributed by atoms with Crippen molar-refractivity contribution in [3.8, 4) is 0 Å². The molecule has 1 heterocycles. The number of rotatable bonds is 4. The van der Waals surface area contributed by atoms with Gasteiger partial charge in [-0.25, -0.2) is 0 Å². The zero-order valence-electron chi connectivity index (χ0n) is 14.5. The molecule has 0 bridgehead atoms. The Kier molecular flexibility index (Phi) is 5.74. The lowest BCUT2D eigenvalue weighted by Gasteiger charge is -2.40. The Balaban J connectivity index is 2.28. The summed E-state index contributed by atoms with van der Waals surface area (Å²) in [6.45, 7) is 7.76. The molecule has 0 saturated carbocycles. The van der Waals surface area contributed by atoms with Gasteiger partial charge in [0.15, 0.2) is 5.60 Å². The van der Waals surface area contributed by atoms with Crippen molar-refractivity contribution in [2.45, 2.75) is 45.8 Å². The van der Waals surface area contributed by atoms with Crippen LogP contribution in [0.2, 0.25) is 0 Å². The van der Waals surface area contributed by atoms with Crippen LogP contribution >= 0.6 is 11.6 Å². The van der Waals surface area contributed by atoms with Crippen molar-refractivity contribution in [1.29, 1.82) is 0 Å². The van der Waals surface area contributed by atoms with Gasteiger partial charge in [-0.1, -0.05) is 49.6 Å². The van der Waals surface area contributed by atoms with Gasteiger partial charge in [0.05, 0.1) is 11.6 Å². The number of aliphatic hydroxyl groups is 2. The molecule has 132 valence electrons. The zero-order chi connectivity index (χ0) is 18.1. The van der Waals surface area contributed by atoms with Crippen LogP contribution in [0, 0.1) is 11.8 Å². The smallest absolute Gasteiger partial charge is 0.208 e. The van der Waals surface area contributed by atoms with Crippen LogP contribution in [0.15, 0.2) is 46.2 Å². The number of halogens is 1. The van der Waals surface area contributed by atoms with Crippen LogP contribution < -0.4 is 0 Å². The molecule has 1 aliphatic heterocycles. The van der Waals surface area contributed by atoms with Crippen molar-refractivity contribution in [3.63, 3.8) is 0 Å². The highest BCUT2D eigenvalue weighted by molar-refractivity contribution is 6.44. The highest BCUT2D eigenvalue weighted by Crippen LogP contribution is 2.40. The second-order valence-corrected chi connectivity index (χ2v) is 7.16. The molecule has 2 N–H and O–H groups in total. The van der Waals surface area contributed by atoms with E-state index in [0.717, 1.165) is 12.0 Å². The van der Waals surface area contributed by atoms with E-state index in [4.69, 9.17) is 16.3 Å². The van der Waals surface area contributed by atoms with Gasteiger partial charge in [0.1, 0.15) is 11.9 Å². The van der Waals surface area contributed by atoms with Gasteiger partial charge in [-0.3, -0.25) is 4.79 Å². The number of ketones is 1. The van der Waals surface area contributed by atoms with Crippen LogP contribution in [0.5, 0.6) is 0 Å². The number of allylic oxidation sites excluding steroid dienone is 5. The first-order valence-electron chi connectivity index (χ1n) is 8.24. The first-order chi connectivity index (χ1) is 11.2. The molecule has 0 saturated heterocycles. The zero-order valence-corrected chi connectivity index (χ0v) is 15.3. The second-order valence-electron chi connectivity index (χ2n) is 6.78. The molecule has 2 aliphatic rings. The van der Waals surface area contributed by atoms with E-state index in [9.17, 15) is 15.0 Å². The maximum atomic E-state index is 12.1. The van der Waals surface area contributed by atoms with Crippen LogP contribution in [0.4, 0.5) is 0 Å². The standard InChI is InChI=1S/C19H25ClO4/c1-5-11(2)8-12(3)6-7-13-9-14-15(10-24-13)17(21)19(4,23)18(22)16(14)20/h6-9,11,15,17,21,23H,5,10H2,1-4H3/b7-6+,12-8+/t11-,15+,17-,19+/m1/s1. The Labute approximate surface area is 148 Å². The molecule has 0 aromatic heterocycles. The minimum absolute atomic E-state index is 0.0311. The van der Waals surface area contributed by atoms with Crippen LogP contribution in [-0.2, 0) is 9.53 Å². The summed E-state index contributed by atoms with van der Waals surface area (Å²) in [5.41, 5.74) is -0.236. The van der Waals surface area contributed by atoms with E-state index in [2.05, 4.69) is 19.9 Å². The maximum absolute atomic E-state index is 12.1. The predicted octanol–water partition coefficient (Wildman–Crippen LogP) is 3.25. The minimum atomic E-state index is -1.88. The number of Topliss-reactive ketones (excluding diaryl/α,β-unsaturated/α-hetero) is 1. The molecule has 0 aromatic rings. The Hall–Kier alpha value is -1.36. The van der Waals surface area contributed by atoms with Gasteiger partial charge in [0.25, 0.3) is 0 Å². The summed E-state index contributed by atoms with van der Waals surface area (Å²) in [7, 11) is 0. The van der Waals surface area contributed by atoms with E-state index >= 15 is 0 Å². The topological polar surface area (TPSA) is 66.8 Å². The molecule has 4 nitrogen and oxygen atoms in total. The second kappa shape index (κ2) is 7.26. The van der Waals surface area contributed by atoms with Gasteiger partial charge < -0.3 is 14.9 Å². The number of ether oxygens (including phenoxy) is 1. The normalized spacial score (nSPS) is 32.5. The van der Waals surface area contributed by atoms with Crippen LogP contribution in [0.25, 0.3) is 0 Å². The molecule has 0 unspecified atom stereocenters. The van der Waals surface area contributed by atoms with Gasteiger partial charge in [0.2, 0.25) is 5.78 Å². The highest BCUT2D eigenvalue weighted by atomic mass is 35.5. The minimum Gasteiger partial charge on any atom is -0.493 e. The summed E-state index contributed by atoms with van der Waals surface area (Å²) < 4.78 is 5.65. The summed E-state index contributed by atoms with van der Waals surface area (Å²) >= 11 is 6.13. The number of carbonyl (C=O) groups excluding carboxylic acids is 1. The summed E-state index contributed by atoms with van der Waals surface area (Å²) in [5, 5.41) is 20.4. The van der Waals surface area contributed by atoms with Crippen LogP contribution in [0.3, 0.4) is 0 Å². The summed E-state index contributed by atoms with van der Waals surface area (Å²) in [4.78, 5) is 12.1. The van der Waals surface area contributed by atoms with Crippen molar-refractivity contribution in [2.75, 3.05) is 6.61 Å². The Bertz CT molecular complexity index is 640. The highest BCUT2D eigenvalue weighted by Gasteiger charge is 2.50. The maximum Gasteiger partial charge on any atom is 0.208 e. The predicted molar refractivity (Wildman–Crippen MR) is 94.4 cm³/mol. The molecular weight excluding hydrogens is 328 g/mol. The molecule has 0 spiro atoms. The van der Waals surface area contributed by atoms with Crippen LogP contribution in [0.1, 0.15) is 34.1 Å². The Morgan fingerprint density at radius 2 is 2.25 bits per heavy atom. The largest absolute Gasteiger partial charge is 0.493 e.